The molecule has 0 radical (unpaired) electrons. The Labute approximate surface area is 215 Å². The van der Waals surface area contributed by atoms with Gasteiger partial charge in [0, 0.05) is 26.1 Å². The number of nitrogens with one attached hydrogen (secondary N) is 1. The maximum Gasteiger partial charge on any atom is 0.242 e. The smallest absolute Gasteiger partial charge is 0.242 e. The molecule has 0 aromatic heterocycles. The molecule has 1 atom stereocenters. The van der Waals surface area contributed by atoms with E-state index in [0.29, 0.717) is 30.8 Å². The number of nitrogens with zero attached hydrogens (tertiary/aromatic N) is 2. The lowest BCUT2D eigenvalue weighted by Crippen LogP contribution is -2.49. The lowest BCUT2D eigenvalue weighted by atomic mass is 10.1. The molecule has 2 aromatic rings. The van der Waals surface area contributed by atoms with Crippen LogP contribution in [0.5, 0.6) is 5.75 Å². The fourth-order valence-electron chi connectivity index (χ4n) is 3.95. The Balaban J connectivity index is 2.18. The molecule has 2 aromatic carbocycles. The molecule has 9 heteroatoms. The second-order valence-electron chi connectivity index (χ2n) is 8.71. The van der Waals surface area contributed by atoms with E-state index in [-0.39, 0.29) is 31.3 Å². The summed E-state index contributed by atoms with van der Waals surface area (Å²) >= 11 is 0. The average Bonchev–Trinajstić information content (AvgIpc) is 2.86. The molecule has 0 bridgehead atoms. The third-order valence-electron chi connectivity index (χ3n) is 5.92. The minimum Gasteiger partial charge on any atom is -0.497 e. The van der Waals surface area contributed by atoms with Gasteiger partial charge in [0.2, 0.25) is 21.8 Å². The zero-order valence-corrected chi connectivity index (χ0v) is 22.6. The summed E-state index contributed by atoms with van der Waals surface area (Å²) in [5.41, 5.74) is 1.44. The number of rotatable bonds is 15. The van der Waals surface area contributed by atoms with E-state index < -0.39 is 16.1 Å². The van der Waals surface area contributed by atoms with Crippen LogP contribution in [0.3, 0.4) is 0 Å². The summed E-state index contributed by atoms with van der Waals surface area (Å²) in [4.78, 5) is 28.0. The largest absolute Gasteiger partial charge is 0.497 e. The van der Waals surface area contributed by atoms with Gasteiger partial charge in [-0.15, -0.1) is 0 Å². The molecule has 36 heavy (non-hydrogen) atoms. The van der Waals surface area contributed by atoms with Crippen molar-refractivity contribution >= 4 is 27.5 Å². The van der Waals surface area contributed by atoms with Gasteiger partial charge in [-0.3, -0.25) is 13.9 Å². The maximum absolute atomic E-state index is 13.4. The van der Waals surface area contributed by atoms with Gasteiger partial charge < -0.3 is 15.0 Å². The predicted octanol–water partition coefficient (Wildman–Crippen LogP) is 3.97. The molecule has 2 rings (SSSR count). The summed E-state index contributed by atoms with van der Waals surface area (Å²) in [6, 6.07) is 15.6. The molecule has 0 unspecified atom stereocenters. The maximum atomic E-state index is 13.4. The van der Waals surface area contributed by atoms with Gasteiger partial charge in [0.05, 0.1) is 19.1 Å². The van der Waals surface area contributed by atoms with Crippen LogP contribution in [0, 0.1) is 0 Å². The van der Waals surface area contributed by atoms with Gasteiger partial charge in [0.1, 0.15) is 11.8 Å². The first kappa shape index (κ1) is 29.2. The molecule has 198 valence electrons. The van der Waals surface area contributed by atoms with Gasteiger partial charge in [-0.1, -0.05) is 50.6 Å². The number of ether oxygens (including phenoxy) is 1. The second-order valence-corrected chi connectivity index (χ2v) is 10.6. The van der Waals surface area contributed by atoms with Crippen LogP contribution in [0.1, 0.15) is 51.5 Å². The first-order chi connectivity index (χ1) is 17.2. The molecule has 0 saturated heterocycles. The van der Waals surface area contributed by atoms with E-state index in [2.05, 4.69) is 12.2 Å². The molecule has 1 N–H and O–H groups in total. The zero-order valence-electron chi connectivity index (χ0n) is 21.8. The summed E-state index contributed by atoms with van der Waals surface area (Å²) in [7, 11) is -1.92. The highest BCUT2D eigenvalue weighted by molar-refractivity contribution is 7.92. The Bertz CT molecular complexity index is 1060. The molecule has 0 aliphatic carbocycles. The lowest BCUT2D eigenvalue weighted by Gasteiger charge is -2.31. The van der Waals surface area contributed by atoms with E-state index in [0.717, 1.165) is 24.7 Å². The van der Waals surface area contributed by atoms with E-state index in [9.17, 15) is 18.0 Å². The second kappa shape index (κ2) is 14.5. The van der Waals surface area contributed by atoms with Gasteiger partial charge in [0.25, 0.3) is 0 Å². The quantitative estimate of drug-likeness (QED) is 0.361. The van der Waals surface area contributed by atoms with Crippen molar-refractivity contribution in [3.05, 3.63) is 60.2 Å². The van der Waals surface area contributed by atoms with Crippen LogP contribution in [0.15, 0.2) is 54.6 Å². The van der Waals surface area contributed by atoms with Gasteiger partial charge >= 0.3 is 0 Å². The number of carbonyl (C=O) groups is 2. The third kappa shape index (κ3) is 8.86. The Hall–Kier alpha value is -3.07. The molecular weight excluding hydrogens is 478 g/mol. The van der Waals surface area contributed by atoms with Crippen molar-refractivity contribution in [1.82, 2.24) is 10.2 Å². The molecule has 0 fully saturated rings. The summed E-state index contributed by atoms with van der Waals surface area (Å²) < 4.78 is 31.3. The van der Waals surface area contributed by atoms with E-state index in [1.54, 1.807) is 36.3 Å². The van der Waals surface area contributed by atoms with Crippen molar-refractivity contribution in [2.75, 3.05) is 30.8 Å². The molecule has 0 heterocycles. The monoisotopic (exact) mass is 517 g/mol. The predicted molar refractivity (Wildman–Crippen MR) is 143 cm³/mol. The van der Waals surface area contributed by atoms with Crippen molar-refractivity contribution in [1.29, 1.82) is 0 Å². The SMILES string of the molecule is CCCCNC(=O)[C@H](CC)N(Cc1ccc(OC)cc1)C(=O)CCCN(c1ccccc1)S(C)(=O)=O. The van der Waals surface area contributed by atoms with Crippen molar-refractivity contribution in [3.8, 4) is 5.75 Å². The molecule has 8 nitrogen and oxygen atoms in total. The van der Waals surface area contributed by atoms with Crippen molar-refractivity contribution in [3.63, 3.8) is 0 Å². The highest BCUT2D eigenvalue weighted by atomic mass is 32.2. The van der Waals surface area contributed by atoms with Crippen LogP contribution >= 0.6 is 0 Å². The highest BCUT2D eigenvalue weighted by Crippen LogP contribution is 2.20. The minimum atomic E-state index is -3.51. The van der Waals surface area contributed by atoms with Crippen LogP contribution in [0.2, 0.25) is 0 Å². The number of carbonyl (C=O) groups excluding carboxylic acids is 2. The van der Waals surface area contributed by atoms with Crippen molar-refractivity contribution in [2.24, 2.45) is 0 Å². The van der Waals surface area contributed by atoms with Crippen molar-refractivity contribution in [2.45, 2.75) is 58.5 Å². The van der Waals surface area contributed by atoms with E-state index >= 15 is 0 Å². The molecular formula is C27H39N3O5S. The number of methoxy groups -OCH3 is 1. The van der Waals surface area contributed by atoms with Gasteiger partial charge in [-0.2, -0.15) is 0 Å². The van der Waals surface area contributed by atoms with Crippen molar-refractivity contribution < 1.29 is 22.7 Å². The summed E-state index contributed by atoms with van der Waals surface area (Å²) in [6.45, 7) is 4.95. The van der Waals surface area contributed by atoms with Crippen LogP contribution in [-0.4, -0.2) is 57.6 Å². The standard InChI is InChI=1S/C27H39N3O5S/c1-5-7-19-28-27(32)25(6-2)29(21-22-15-17-24(35-3)18-16-22)26(31)14-11-20-30(36(4,33)34)23-12-9-8-10-13-23/h8-10,12-13,15-18,25H,5-7,11,14,19-21H2,1-4H3,(H,28,32)/t25-/m0/s1. The lowest BCUT2D eigenvalue weighted by molar-refractivity contribution is -0.141. The number of amides is 2. The molecule has 0 saturated carbocycles. The number of hydrogen-bond acceptors (Lipinski definition) is 5. The normalized spacial score (nSPS) is 12.0. The van der Waals surface area contributed by atoms with E-state index in [1.807, 2.05) is 37.3 Å². The Morgan fingerprint density at radius 3 is 2.22 bits per heavy atom. The van der Waals surface area contributed by atoms with E-state index in [1.165, 1.54) is 4.31 Å². The number of benzene rings is 2. The summed E-state index contributed by atoms with van der Waals surface area (Å²) in [6.07, 6.45) is 3.91. The van der Waals surface area contributed by atoms with E-state index in [4.69, 9.17) is 4.74 Å². The Morgan fingerprint density at radius 2 is 1.67 bits per heavy atom. The molecule has 0 aliphatic rings. The summed E-state index contributed by atoms with van der Waals surface area (Å²) in [5.74, 6) is 0.349. The fraction of sp³-hybridized carbons (Fsp3) is 0.481. The Morgan fingerprint density at radius 1 is 1.00 bits per heavy atom. The van der Waals surface area contributed by atoms with Crippen LogP contribution in [-0.2, 0) is 26.2 Å². The van der Waals surface area contributed by atoms with Crippen LogP contribution in [0.4, 0.5) is 5.69 Å². The molecule has 0 spiro atoms. The molecule has 0 aliphatic heterocycles. The van der Waals surface area contributed by atoms with Gasteiger partial charge in [-0.05, 0) is 49.1 Å². The zero-order chi connectivity index (χ0) is 26.6. The summed E-state index contributed by atoms with van der Waals surface area (Å²) in [5, 5.41) is 2.95. The highest BCUT2D eigenvalue weighted by Gasteiger charge is 2.28. The molecule has 2 amide bonds. The topological polar surface area (TPSA) is 96.0 Å². The number of anilines is 1. The number of para-hydroxylation sites is 1. The fourth-order valence-corrected chi connectivity index (χ4v) is 4.92. The van der Waals surface area contributed by atoms with Gasteiger partial charge in [-0.25, -0.2) is 8.42 Å². The number of hydrogen-bond donors (Lipinski definition) is 1. The first-order valence-electron chi connectivity index (χ1n) is 12.4. The third-order valence-corrected chi connectivity index (χ3v) is 7.12. The Kier molecular flexibility index (Phi) is 11.7. The van der Waals surface area contributed by atoms with Crippen LogP contribution in [0.25, 0.3) is 0 Å². The van der Waals surface area contributed by atoms with Crippen LogP contribution < -0.4 is 14.4 Å². The number of sulfonamides is 1. The first-order valence-corrected chi connectivity index (χ1v) is 14.3. The minimum absolute atomic E-state index is 0.119. The number of unbranched alkanes of at least 4 members (excludes halogenated alkanes) is 1. The average molecular weight is 518 g/mol. The van der Waals surface area contributed by atoms with Gasteiger partial charge in [0.15, 0.2) is 0 Å².